The smallest absolute Gasteiger partial charge is 0.119 e. The van der Waals surface area contributed by atoms with Gasteiger partial charge in [0.1, 0.15) is 5.75 Å². The van der Waals surface area contributed by atoms with Crippen LogP contribution in [0.1, 0.15) is 12.0 Å². The molecule has 3 rings (SSSR count). The number of ether oxygens (including phenoxy) is 1. The second kappa shape index (κ2) is 5.48. The normalized spacial score (nSPS) is 15.2. The molecule has 0 spiro atoms. The Morgan fingerprint density at radius 1 is 1.50 bits per heavy atom. The number of nitrogens with zero attached hydrogens (tertiary/aromatic N) is 1. The van der Waals surface area contributed by atoms with Crippen LogP contribution in [0.2, 0.25) is 0 Å². The van der Waals surface area contributed by atoms with Gasteiger partial charge in [0.15, 0.2) is 0 Å². The average molecular weight is 282 g/mol. The Kier molecular flexibility index (Phi) is 3.53. The number of H-pyrrole nitrogens is 1. The summed E-state index contributed by atoms with van der Waals surface area (Å²) < 4.78 is 5.26. The fraction of sp³-hybridized carbons (Fsp3) is 0.188. The SMILES string of the molecule is COc1ccc2[nH]cc(/C(C#N)=C/C3=CSCC3)c2c1. The maximum absolute atomic E-state index is 9.45. The Morgan fingerprint density at radius 2 is 2.40 bits per heavy atom. The van der Waals surface area contributed by atoms with Crippen molar-refractivity contribution in [2.24, 2.45) is 0 Å². The number of nitrogens with one attached hydrogen (secondary N) is 1. The zero-order valence-corrected chi connectivity index (χ0v) is 12.0. The van der Waals surface area contributed by atoms with E-state index in [1.54, 1.807) is 18.9 Å². The van der Waals surface area contributed by atoms with E-state index in [1.807, 2.05) is 30.5 Å². The molecule has 0 fully saturated rings. The third-order valence-corrected chi connectivity index (χ3v) is 4.28. The Morgan fingerprint density at radius 3 is 3.10 bits per heavy atom. The largest absolute Gasteiger partial charge is 0.497 e. The van der Waals surface area contributed by atoms with Gasteiger partial charge in [-0.3, -0.25) is 0 Å². The summed E-state index contributed by atoms with van der Waals surface area (Å²) in [6.07, 6.45) is 4.91. The molecule has 0 saturated heterocycles. The van der Waals surface area contributed by atoms with Crippen LogP contribution in [0, 0.1) is 11.3 Å². The molecule has 1 N–H and O–H groups in total. The van der Waals surface area contributed by atoms with E-state index < -0.39 is 0 Å². The molecule has 0 aliphatic carbocycles. The number of hydrogen-bond acceptors (Lipinski definition) is 3. The Bertz CT molecular complexity index is 749. The van der Waals surface area contributed by atoms with Gasteiger partial charge in [-0.25, -0.2) is 0 Å². The summed E-state index contributed by atoms with van der Waals surface area (Å²) in [6, 6.07) is 8.15. The van der Waals surface area contributed by atoms with Crippen LogP contribution in [-0.2, 0) is 0 Å². The number of aromatic amines is 1. The molecule has 0 unspecified atom stereocenters. The first kappa shape index (κ1) is 12.9. The minimum Gasteiger partial charge on any atom is -0.497 e. The number of benzene rings is 1. The lowest BCUT2D eigenvalue weighted by Crippen LogP contribution is -1.84. The van der Waals surface area contributed by atoms with Crippen LogP contribution < -0.4 is 4.74 Å². The standard InChI is InChI=1S/C16H14N2OS/c1-19-13-2-3-16-14(7-13)15(9-18-16)12(8-17)6-11-4-5-20-10-11/h2-3,6-7,9-10,18H,4-5H2,1H3/b12-6+. The van der Waals surface area contributed by atoms with E-state index in [9.17, 15) is 5.26 Å². The summed E-state index contributed by atoms with van der Waals surface area (Å²) in [5.74, 6) is 1.90. The highest BCUT2D eigenvalue weighted by Crippen LogP contribution is 2.31. The lowest BCUT2D eigenvalue weighted by atomic mass is 10.0. The zero-order valence-electron chi connectivity index (χ0n) is 11.1. The van der Waals surface area contributed by atoms with Crippen molar-refractivity contribution >= 4 is 28.2 Å². The zero-order chi connectivity index (χ0) is 13.9. The van der Waals surface area contributed by atoms with Crippen molar-refractivity contribution < 1.29 is 4.74 Å². The van der Waals surface area contributed by atoms with Crippen molar-refractivity contribution in [3.05, 3.63) is 47.0 Å². The Labute approximate surface area is 121 Å². The molecule has 0 atom stereocenters. The lowest BCUT2D eigenvalue weighted by Gasteiger charge is -2.01. The maximum Gasteiger partial charge on any atom is 0.119 e. The molecule has 0 bridgehead atoms. The first-order chi connectivity index (χ1) is 9.81. The molecule has 0 saturated carbocycles. The first-order valence-electron chi connectivity index (χ1n) is 6.40. The third kappa shape index (κ3) is 2.33. The Balaban J connectivity index is 2.10. The van der Waals surface area contributed by atoms with E-state index >= 15 is 0 Å². The van der Waals surface area contributed by atoms with Crippen LogP contribution in [0.3, 0.4) is 0 Å². The molecule has 100 valence electrons. The number of allylic oxidation sites excluding steroid dienone is 3. The average Bonchev–Trinajstić information content (AvgIpc) is 3.13. The highest BCUT2D eigenvalue weighted by Gasteiger charge is 2.11. The number of nitriles is 1. The minimum absolute atomic E-state index is 0.693. The van der Waals surface area contributed by atoms with Gasteiger partial charge in [0, 0.05) is 28.4 Å². The lowest BCUT2D eigenvalue weighted by molar-refractivity contribution is 0.415. The predicted octanol–water partition coefficient (Wildman–Crippen LogP) is 4.10. The molecule has 2 heterocycles. The van der Waals surface area contributed by atoms with Crippen molar-refractivity contribution in [3.8, 4) is 11.8 Å². The van der Waals surface area contributed by atoms with Crippen LogP contribution in [0.15, 0.2) is 41.5 Å². The molecular weight excluding hydrogens is 268 g/mol. The van der Waals surface area contributed by atoms with Gasteiger partial charge in [-0.2, -0.15) is 5.26 Å². The van der Waals surface area contributed by atoms with Gasteiger partial charge >= 0.3 is 0 Å². The number of rotatable bonds is 3. The van der Waals surface area contributed by atoms with Gasteiger partial charge in [0.05, 0.1) is 18.8 Å². The number of methoxy groups -OCH3 is 1. The molecule has 3 nitrogen and oxygen atoms in total. The number of hydrogen-bond donors (Lipinski definition) is 1. The van der Waals surface area contributed by atoms with Crippen LogP contribution in [0.4, 0.5) is 0 Å². The monoisotopic (exact) mass is 282 g/mol. The molecule has 1 aliphatic heterocycles. The summed E-state index contributed by atoms with van der Waals surface area (Å²) >= 11 is 1.80. The summed E-state index contributed by atoms with van der Waals surface area (Å²) in [4.78, 5) is 3.21. The molecular formula is C16H14N2OS. The van der Waals surface area contributed by atoms with E-state index in [4.69, 9.17) is 4.74 Å². The number of aromatic nitrogens is 1. The first-order valence-corrected chi connectivity index (χ1v) is 7.44. The number of thioether (sulfide) groups is 1. The van der Waals surface area contributed by atoms with E-state index in [-0.39, 0.29) is 0 Å². The summed E-state index contributed by atoms with van der Waals surface area (Å²) in [7, 11) is 1.65. The van der Waals surface area contributed by atoms with Crippen molar-refractivity contribution in [1.29, 1.82) is 5.26 Å². The summed E-state index contributed by atoms with van der Waals surface area (Å²) in [5.41, 5.74) is 3.86. The van der Waals surface area contributed by atoms with E-state index in [0.717, 1.165) is 34.4 Å². The summed E-state index contributed by atoms with van der Waals surface area (Å²) in [5, 5.41) is 12.6. The van der Waals surface area contributed by atoms with Gasteiger partial charge in [0.25, 0.3) is 0 Å². The fourth-order valence-electron chi connectivity index (χ4n) is 2.31. The molecule has 20 heavy (non-hydrogen) atoms. The highest BCUT2D eigenvalue weighted by atomic mass is 32.2. The molecule has 1 aromatic carbocycles. The van der Waals surface area contributed by atoms with E-state index in [2.05, 4.69) is 16.5 Å². The molecule has 1 aliphatic rings. The van der Waals surface area contributed by atoms with Crippen molar-refractivity contribution in [2.75, 3.05) is 12.9 Å². The van der Waals surface area contributed by atoms with Gasteiger partial charge in [-0.15, -0.1) is 11.8 Å². The highest BCUT2D eigenvalue weighted by molar-refractivity contribution is 8.02. The van der Waals surface area contributed by atoms with E-state index in [1.165, 1.54) is 5.57 Å². The molecule has 4 heteroatoms. The summed E-state index contributed by atoms with van der Waals surface area (Å²) in [6.45, 7) is 0. The predicted molar refractivity (Wildman–Crippen MR) is 83.6 cm³/mol. The molecule has 0 radical (unpaired) electrons. The minimum atomic E-state index is 0.693. The number of fused-ring (bicyclic) bond motifs is 1. The van der Waals surface area contributed by atoms with E-state index in [0.29, 0.717) is 5.57 Å². The third-order valence-electron chi connectivity index (χ3n) is 3.37. The fourth-order valence-corrected chi connectivity index (χ4v) is 3.18. The maximum atomic E-state index is 9.45. The van der Waals surface area contributed by atoms with Crippen molar-refractivity contribution in [3.63, 3.8) is 0 Å². The Hall–Kier alpha value is -2.12. The van der Waals surface area contributed by atoms with Crippen LogP contribution in [-0.4, -0.2) is 17.8 Å². The van der Waals surface area contributed by atoms with Crippen LogP contribution >= 0.6 is 11.8 Å². The van der Waals surface area contributed by atoms with Crippen LogP contribution in [0.5, 0.6) is 5.75 Å². The van der Waals surface area contributed by atoms with Gasteiger partial charge < -0.3 is 9.72 Å². The van der Waals surface area contributed by atoms with Gasteiger partial charge in [0.2, 0.25) is 0 Å². The van der Waals surface area contributed by atoms with Crippen LogP contribution in [0.25, 0.3) is 16.5 Å². The quantitative estimate of drug-likeness (QED) is 0.862. The molecule has 2 aromatic rings. The van der Waals surface area contributed by atoms with Crippen molar-refractivity contribution in [1.82, 2.24) is 4.98 Å². The second-order valence-electron chi connectivity index (χ2n) is 4.60. The second-order valence-corrected chi connectivity index (χ2v) is 5.57. The van der Waals surface area contributed by atoms with Gasteiger partial charge in [-0.05, 0) is 41.7 Å². The molecule has 0 amide bonds. The topological polar surface area (TPSA) is 48.8 Å². The van der Waals surface area contributed by atoms with Gasteiger partial charge in [-0.1, -0.05) is 0 Å². The molecule has 1 aromatic heterocycles. The van der Waals surface area contributed by atoms with Crippen molar-refractivity contribution in [2.45, 2.75) is 6.42 Å².